The SMILES string of the molecule is CC(C)Oc1ccccc1C(=O)Nc1ccc(Cl)c([N+](=O)[O-])c1. The summed E-state index contributed by atoms with van der Waals surface area (Å²) in [7, 11) is 0. The average Bonchev–Trinajstić information content (AvgIpc) is 2.48. The van der Waals surface area contributed by atoms with Crippen molar-refractivity contribution in [1.29, 1.82) is 0 Å². The van der Waals surface area contributed by atoms with E-state index in [1.54, 1.807) is 24.3 Å². The number of rotatable bonds is 5. The number of nitrogens with zero attached hydrogens (tertiary/aromatic N) is 1. The molecule has 0 bridgehead atoms. The molecule has 6 nitrogen and oxygen atoms in total. The van der Waals surface area contributed by atoms with E-state index < -0.39 is 10.8 Å². The number of nitrogens with one attached hydrogen (secondary N) is 1. The van der Waals surface area contributed by atoms with Crippen molar-refractivity contribution in [3.63, 3.8) is 0 Å². The third-order valence-corrected chi connectivity index (χ3v) is 3.21. The molecule has 0 aliphatic rings. The molecular formula is C16H15ClN2O4. The number of halogens is 1. The third-order valence-electron chi connectivity index (χ3n) is 2.90. The summed E-state index contributed by atoms with van der Waals surface area (Å²) in [4.78, 5) is 22.7. The fraction of sp³-hybridized carbons (Fsp3) is 0.188. The maximum absolute atomic E-state index is 12.4. The van der Waals surface area contributed by atoms with Gasteiger partial charge in [-0.15, -0.1) is 0 Å². The van der Waals surface area contributed by atoms with E-state index in [-0.39, 0.29) is 22.5 Å². The van der Waals surface area contributed by atoms with Crippen LogP contribution in [-0.2, 0) is 0 Å². The summed E-state index contributed by atoms with van der Waals surface area (Å²) < 4.78 is 5.60. The predicted molar refractivity (Wildman–Crippen MR) is 88.3 cm³/mol. The van der Waals surface area contributed by atoms with E-state index in [1.807, 2.05) is 13.8 Å². The Labute approximate surface area is 138 Å². The number of carbonyl (C=O) groups is 1. The third kappa shape index (κ3) is 4.20. The fourth-order valence-corrected chi connectivity index (χ4v) is 2.13. The Morgan fingerprint density at radius 2 is 1.96 bits per heavy atom. The van der Waals surface area contributed by atoms with Crippen LogP contribution in [0.3, 0.4) is 0 Å². The van der Waals surface area contributed by atoms with Crippen LogP contribution in [0.1, 0.15) is 24.2 Å². The summed E-state index contributed by atoms with van der Waals surface area (Å²) >= 11 is 5.75. The molecule has 0 radical (unpaired) electrons. The molecule has 2 aromatic rings. The number of nitro benzene ring substituents is 1. The van der Waals surface area contributed by atoms with Gasteiger partial charge in [-0.25, -0.2) is 0 Å². The molecule has 2 rings (SSSR count). The number of nitro groups is 1. The van der Waals surface area contributed by atoms with Gasteiger partial charge in [-0.3, -0.25) is 14.9 Å². The zero-order valence-electron chi connectivity index (χ0n) is 12.6. The van der Waals surface area contributed by atoms with Crippen molar-refractivity contribution in [2.24, 2.45) is 0 Å². The maximum atomic E-state index is 12.4. The summed E-state index contributed by atoms with van der Waals surface area (Å²) in [6.07, 6.45) is -0.0828. The smallest absolute Gasteiger partial charge is 0.289 e. The minimum atomic E-state index is -0.603. The second-order valence-electron chi connectivity index (χ2n) is 5.04. The van der Waals surface area contributed by atoms with Gasteiger partial charge in [0.15, 0.2) is 0 Å². The average molecular weight is 335 g/mol. The van der Waals surface area contributed by atoms with Gasteiger partial charge in [0.05, 0.1) is 16.6 Å². The predicted octanol–water partition coefficient (Wildman–Crippen LogP) is 4.29. The Bertz CT molecular complexity index is 747. The largest absolute Gasteiger partial charge is 0.490 e. The highest BCUT2D eigenvalue weighted by molar-refractivity contribution is 6.32. The molecule has 0 fully saturated rings. The van der Waals surface area contributed by atoms with Crippen LogP contribution in [-0.4, -0.2) is 16.9 Å². The van der Waals surface area contributed by atoms with Crippen LogP contribution in [0.5, 0.6) is 5.75 Å². The first-order chi connectivity index (χ1) is 10.9. The summed E-state index contributed by atoms with van der Waals surface area (Å²) in [6.45, 7) is 3.72. The van der Waals surface area contributed by atoms with E-state index >= 15 is 0 Å². The number of ether oxygens (including phenoxy) is 1. The minimum Gasteiger partial charge on any atom is -0.490 e. The van der Waals surface area contributed by atoms with Gasteiger partial charge < -0.3 is 10.1 Å². The van der Waals surface area contributed by atoms with E-state index in [0.29, 0.717) is 11.3 Å². The Morgan fingerprint density at radius 3 is 2.61 bits per heavy atom. The fourth-order valence-electron chi connectivity index (χ4n) is 1.94. The van der Waals surface area contributed by atoms with Gasteiger partial charge >= 0.3 is 0 Å². The number of hydrogen-bond acceptors (Lipinski definition) is 4. The standard InChI is InChI=1S/C16H15ClN2O4/c1-10(2)23-15-6-4-3-5-12(15)16(20)18-11-7-8-13(17)14(9-11)19(21)22/h3-10H,1-2H3,(H,18,20). The summed E-state index contributed by atoms with van der Waals surface area (Å²) in [6, 6.07) is 10.9. The molecule has 7 heteroatoms. The number of amides is 1. The van der Waals surface area contributed by atoms with Gasteiger partial charge in [0.2, 0.25) is 0 Å². The zero-order valence-corrected chi connectivity index (χ0v) is 13.3. The van der Waals surface area contributed by atoms with Gasteiger partial charge in [-0.05, 0) is 38.1 Å². The van der Waals surface area contributed by atoms with Crippen molar-refractivity contribution < 1.29 is 14.5 Å². The maximum Gasteiger partial charge on any atom is 0.289 e. The highest BCUT2D eigenvalue weighted by atomic mass is 35.5. The van der Waals surface area contributed by atoms with Gasteiger partial charge in [-0.2, -0.15) is 0 Å². The first kappa shape index (κ1) is 16.8. The summed E-state index contributed by atoms with van der Waals surface area (Å²) in [5.41, 5.74) is 0.362. The molecule has 0 atom stereocenters. The molecule has 1 amide bonds. The lowest BCUT2D eigenvalue weighted by Gasteiger charge is -2.14. The molecule has 23 heavy (non-hydrogen) atoms. The second-order valence-corrected chi connectivity index (χ2v) is 5.45. The molecule has 0 saturated heterocycles. The number of carbonyl (C=O) groups excluding carboxylic acids is 1. The van der Waals surface area contributed by atoms with Crippen LogP contribution >= 0.6 is 11.6 Å². The molecule has 0 aliphatic carbocycles. The number of para-hydroxylation sites is 1. The van der Waals surface area contributed by atoms with Crippen LogP contribution in [0.25, 0.3) is 0 Å². The van der Waals surface area contributed by atoms with Crippen LogP contribution in [0, 0.1) is 10.1 Å². The zero-order chi connectivity index (χ0) is 17.0. The Hall–Kier alpha value is -2.60. The second kappa shape index (κ2) is 7.11. The molecule has 0 spiro atoms. The monoisotopic (exact) mass is 334 g/mol. The number of benzene rings is 2. The summed E-state index contributed by atoms with van der Waals surface area (Å²) in [5, 5.41) is 13.5. The first-order valence-electron chi connectivity index (χ1n) is 6.89. The Morgan fingerprint density at radius 1 is 1.26 bits per heavy atom. The van der Waals surface area contributed by atoms with Crippen molar-refractivity contribution >= 4 is 28.9 Å². The first-order valence-corrected chi connectivity index (χ1v) is 7.27. The quantitative estimate of drug-likeness (QED) is 0.653. The highest BCUT2D eigenvalue weighted by Gasteiger charge is 2.16. The van der Waals surface area contributed by atoms with Crippen LogP contribution < -0.4 is 10.1 Å². The molecule has 120 valence electrons. The lowest BCUT2D eigenvalue weighted by Crippen LogP contribution is -2.15. The van der Waals surface area contributed by atoms with Crippen molar-refractivity contribution in [3.8, 4) is 5.75 Å². The van der Waals surface area contributed by atoms with Gasteiger partial charge in [-0.1, -0.05) is 23.7 Å². The molecular weight excluding hydrogens is 320 g/mol. The summed E-state index contributed by atoms with van der Waals surface area (Å²) in [5.74, 6) is 0.0290. The number of hydrogen-bond donors (Lipinski definition) is 1. The van der Waals surface area contributed by atoms with Crippen LogP contribution in [0.15, 0.2) is 42.5 Å². The van der Waals surface area contributed by atoms with Crippen molar-refractivity contribution in [2.75, 3.05) is 5.32 Å². The minimum absolute atomic E-state index is 0.0107. The Balaban J connectivity index is 2.26. The Kier molecular flexibility index (Phi) is 5.18. The molecule has 0 aliphatic heterocycles. The van der Waals surface area contributed by atoms with Crippen molar-refractivity contribution in [2.45, 2.75) is 20.0 Å². The molecule has 2 aromatic carbocycles. The number of anilines is 1. The van der Waals surface area contributed by atoms with E-state index in [0.717, 1.165) is 0 Å². The van der Waals surface area contributed by atoms with Crippen LogP contribution in [0.2, 0.25) is 5.02 Å². The topological polar surface area (TPSA) is 81.5 Å². The lowest BCUT2D eigenvalue weighted by molar-refractivity contribution is -0.384. The van der Waals surface area contributed by atoms with Gasteiger partial charge in [0, 0.05) is 11.8 Å². The van der Waals surface area contributed by atoms with Crippen molar-refractivity contribution in [3.05, 3.63) is 63.2 Å². The van der Waals surface area contributed by atoms with E-state index in [4.69, 9.17) is 16.3 Å². The van der Waals surface area contributed by atoms with Gasteiger partial charge in [0.25, 0.3) is 11.6 Å². The van der Waals surface area contributed by atoms with E-state index in [2.05, 4.69) is 5.32 Å². The van der Waals surface area contributed by atoms with Crippen molar-refractivity contribution in [1.82, 2.24) is 0 Å². The lowest BCUT2D eigenvalue weighted by atomic mass is 10.1. The highest BCUT2D eigenvalue weighted by Crippen LogP contribution is 2.28. The van der Waals surface area contributed by atoms with Crippen LogP contribution in [0.4, 0.5) is 11.4 Å². The van der Waals surface area contributed by atoms with E-state index in [9.17, 15) is 14.9 Å². The van der Waals surface area contributed by atoms with E-state index in [1.165, 1.54) is 18.2 Å². The molecule has 0 heterocycles. The molecule has 0 aromatic heterocycles. The molecule has 0 unspecified atom stereocenters. The molecule has 1 N–H and O–H groups in total. The van der Waals surface area contributed by atoms with Gasteiger partial charge in [0.1, 0.15) is 10.8 Å². The molecule has 0 saturated carbocycles. The normalized spacial score (nSPS) is 10.4.